The lowest BCUT2D eigenvalue weighted by Gasteiger charge is -2.21. The molecule has 1 aliphatic heterocycles. The number of hydrazone groups is 1. The summed E-state index contributed by atoms with van der Waals surface area (Å²) < 4.78 is 5.45. The van der Waals surface area contributed by atoms with Gasteiger partial charge in [0.1, 0.15) is 11.5 Å². The topological polar surface area (TPSA) is 62.1 Å². The van der Waals surface area contributed by atoms with E-state index in [4.69, 9.17) is 4.74 Å². The van der Waals surface area contributed by atoms with Crippen molar-refractivity contribution in [3.05, 3.63) is 59.7 Å². The number of para-hydroxylation sites is 1. The molecule has 0 bridgehead atoms. The van der Waals surface area contributed by atoms with Crippen molar-refractivity contribution >= 4 is 11.6 Å². The SMILES string of the molecule is CCOc1ccc(C2=NN(C(C)=O)C(c3ccccc3O)C2)cc1. The van der Waals surface area contributed by atoms with E-state index in [1.165, 1.54) is 11.9 Å². The van der Waals surface area contributed by atoms with Crippen LogP contribution in [0.25, 0.3) is 0 Å². The summed E-state index contributed by atoms with van der Waals surface area (Å²) in [5.41, 5.74) is 2.47. The van der Waals surface area contributed by atoms with Gasteiger partial charge in [-0.3, -0.25) is 4.79 Å². The minimum absolute atomic E-state index is 0.149. The first-order valence-electron chi connectivity index (χ1n) is 7.98. The van der Waals surface area contributed by atoms with Crippen LogP contribution in [0.1, 0.15) is 37.4 Å². The van der Waals surface area contributed by atoms with E-state index in [-0.39, 0.29) is 17.7 Å². The Morgan fingerprint density at radius 2 is 1.96 bits per heavy atom. The normalized spacial score (nSPS) is 16.8. The second kappa shape index (κ2) is 6.74. The van der Waals surface area contributed by atoms with Crippen LogP contribution in [0.15, 0.2) is 53.6 Å². The van der Waals surface area contributed by atoms with E-state index < -0.39 is 0 Å². The Bertz CT molecular complexity index is 768. The molecule has 5 heteroatoms. The predicted molar refractivity (Wildman–Crippen MR) is 92.1 cm³/mol. The first-order valence-corrected chi connectivity index (χ1v) is 7.98. The number of amides is 1. The molecule has 0 spiro atoms. The maximum absolute atomic E-state index is 12.0. The lowest BCUT2D eigenvalue weighted by Crippen LogP contribution is -2.24. The molecule has 0 saturated heterocycles. The van der Waals surface area contributed by atoms with Gasteiger partial charge < -0.3 is 9.84 Å². The molecule has 1 amide bonds. The number of phenols is 1. The Labute approximate surface area is 141 Å². The zero-order valence-corrected chi connectivity index (χ0v) is 13.8. The first-order chi connectivity index (χ1) is 11.6. The third-order valence-corrected chi connectivity index (χ3v) is 4.03. The van der Waals surface area contributed by atoms with Gasteiger partial charge in [-0.15, -0.1) is 0 Å². The zero-order chi connectivity index (χ0) is 17.1. The van der Waals surface area contributed by atoms with Gasteiger partial charge in [-0.25, -0.2) is 5.01 Å². The molecular weight excluding hydrogens is 304 g/mol. The Morgan fingerprint density at radius 1 is 1.25 bits per heavy atom. The third kappa shape index (κ3) is 3.11. The van der Waals surface area contributed by atoms with Gasteiger partial charge in [0, 0.05) is 18.9 Å². The van der Waals surface area contributed by atoms with Gasteiger partial charge in [0.25, 0.3) is 0 Å². The standard InChI is InChI=1S/C19H20N2O3/c1-3-24-15-10-8-14(9-11-15)17-12-18(21(20-17)13(2)22)16-6-4-5-7-19(16)23/h4-11,18,23H,3,12H2,1-2H3. The average molecular weight is 324 g/mol. The number of nitrogens with zero attached hydrogens (tertiary/aromatic N) is 2. The monoisotopic (exact) mass is 324 g/mol. The largest absolute Gasteiger partial charge is 0.508 e. The molecule has 124 valence electrons. The number of hydrogen-bond donors (Lipinski definition) is 1. The maximum Gasteiger partial charge on any atom is 0.240 e. The Kier molecular flexibility index (Phi) is 4.51. The van der Waals surface area contributed by atoms with Gasteiger partial charge in [-0.2, -0.15) is 5.10 Å². The van der Waals surface area contributed by atoms with Crippen molar-refractivity contribution in [2.75, 3.05) is 6.61 Å². The van der Waals surface area contributed by atoms with Crippen molar-refractivity contribution in [2.45, 2.75) is 26.3 Å². The highest BCUT2D eigenvalue weighted by Crippen LogP contribution is 2.36. The molecule has 1 aliphatic rings. The fraction of sp³-hybridized carbons (Fsp3) is 0.263. The van der Waals surface area contributed by atoms with Crippen LogP contribution in [-0.2, 0) is 4.79 Å². The molecule has 24 heavy (non-hydrogen) atoms. The highest BCUT2D eigenvalue weighted by atomic mass is 16.5. The summed E-state index contributed by atoms with van der Waals surface area (Å²) in [6.07, 6.45) is 0.561. The van der Waals surface area contributed by atoms with Gasteiger partial charge in [-0.05, 0) is 42.8 Å². The molecule has 3 rings (SSSR count). The fourth-order valence-electron chi connectivity index (χ4n) is 2.90. The van der Waals surface area contributed by atoms with E-state index in [1.807, 2.05) is 43.3 Å². The summed E-state index contributed by atoms with van der Waals surface area (Å²) in [5, 5.41) is 16.0. The van der Waals surface area contributed by atoms with Crippen LogP contribution in [0.2, 0.25) is 0 Å². The molecule has 0 aliphatic carbocycles. The van der Waals surface area contributed by atoms with E-state index in [9.17, 15) is 9.90 Å². The van der Waals surface area contributed by atoms with E-state index in [2.05, 4.69) is 5.10 Å². The van der Waals surface area contributed by atoms with Crippen LogP contribution < -0.4 is 4.74 Å². The maximum atomic E-state index is 12.0. The second-order valence-electron chi connectivity index (χ2n) is 5.65. The van der Waals surface area contributed by atoms with Crippen molar-refractivity contribution in [3.63, 3.8) is 0 Å². The molecule has 1 heterocycles. The zero-order valence-electron chi connectivity index (χ0n) is 13.8. The number of rotatable bonds is 4. The van der Waals surface area contributed by atoms with Crippen LogP contribution in [0.3, 0.4) is 0 Å². The number of aromatic hydroxyl groups is 1. The van der Waals surface area contributed by atoms with E-state index >= 15 is 0 Å². The lowest BCUT2D eigenvalue weighted by molar-refractivity contribution is -0.130. The van der Waals surface area contributed by atoms with Gasteiger partial charge >= 0.3 is 0 Å². The van der Waals surface area contributed by atoms with E-state index in [1.54, 1.807) is 12.1 Å². The van der Waals surface area contributed by atoms with E-state index in [0.717, 1.165) is 17.0 Å². The number of hydrogen-bond acceptors (Lipinski definition) is 4. The molecule has 1 N–H and O–H groups in total. The first kappa shape index (κ1) is 16.1. The van der Waals surface area contributed by atoms with Crippen LogP contribution >= 0.6 is 0 Å². The smallest absolute Gasteiger partial charge is 0.240 e. The highest BCUT2D eigenvalue weighted by Gasteiger charge is 2.32. The van der Waals surface area contributed by atoms with Crippen LogP contribution in [0.5, 0.6) is 11.5 Å². The lowest BCUT2D eigenvalue weighted by atomic mass is 9.97. The molecule has 0 fully saturated rings. The van der Waals surface area contributed by atoms with Gasteiger partial charge in [0.05, 0.1) is 18.4 Å². The Balaban J connectivity index is 1.89. The summed E-state index contributed by atoms with van der Waals surface area (Å²) in [6, 6.07) is 14.5. The van der Waals surface area contributed by atoms with Gasteiger partial charge in [-0.1, -0.05) is 18.2 Å². The fourth-order valence-corrected chi connectivity index (χ4v) is 2.90. The minimum atomic E-state index is -0.287. The van der Waals surface area contributed by atoms with Crippen molar-refractivity contribution in [3.8, 4) is 11.5 Å². The van der Waals surface area contributed by atoms with E-state index in [0.29, 0.717) is 18.6 Å². The molecule has 0 radical (unpaired) electrons. The molecule has 0 aromatic heterocycles. The second-order valence-corrected chi connectivity index (χ2v) is 5.65. The van der Waals surface area contributed by atoms with Crippen molar-refractivity contribution in [1.82, 2.24) is 5.01 Å². The molecule has 2 aromatic carbocycles. The number of benzene rings is 2. The number of phenolic OH excluding ortho intramolecular Hbond substituents is 1. The summed E-state index contributed by atoms with van der Waals surface area (Å²) >= 11 is 0. The number of carbonyl (C=O) groups excluding carboxylic acids is 1. The number of carbonyl (C=O) groups is 1. The Morgan fingerprint density at radius 3 is 2.58 bits per heavy atom. The van der Waals surface area contributed by atoms with Crippen LogP contribution in [0, 0.1) is 0 Å². The van der Waals surface area contributed by atoms with Gasteiger partial charge in [0.15, 0.2) is 0 Å². The summed E-state index contributed by atoms with van der Waals surface area (Å²) in [4.78, 5) is 12.0. The molecule has 1 atom stereocenters. The van der Waals surface area contributed by atoms with Crippen molar-refractivity contribution < 1.29 is 14.6 Å². The third-order valence-electron chi connectivity index (χ3n) is 4.03. The summed E-state index contributed by atoms with van der Waals surface area (Å²) in [5.74, 6) is 0.835. The predicted octanol–water partition coefficient (Wildman–Crippen LogP) is 3.49. The summed E-state index contributed by atoms with van der Waals surface area (Å²) in [6.45, 7) is 4.04. The van der Waals surface area contributed by atoms with Crippen molar-refractivity contribution in [2.24, 2.45) is 5.10 Å². The highest BCUT2D eigenvalue weighted by molar-refractivity contribution is 6.03. The van der Waals surface area contributed by atoms with Crippen LogP contribution in [0.4, 0.5) is 0 Å². The quantitative estimate of drug-likeness (QED) is 0.936. The average Bonchev–Trinajstić information content (AvgIpc) is 3.02. The molecular formula is C19H20N2O3. The van der Waals surface area contributed by atoms with Crippen LogP contribution in [-0.4, -0.2) is 28.3 Å². The minimum Gasteiger partial charge on any atom is -0.508 e. The van der Waals surface area contributed by atoms with Gasteiger partial charge in [0.2, 0.25) is 5.91 Å². The van der Waals surface area contributed by atoms with Crippen molar-refractivity contribution in [1.29, 1.82) is 0 Å². The Hall–Kier alpha value is -2.82. The molecule has 0 saturated carbocycles. The molecule has 5 nitrogen and oxygen atoms in total. The summed E-state index contributed by atoms with van der Waals surface area (Å²) in [7, 11) is 0. The molecule has 1 unspecified atom stereocenters. The number of ether oxygens (including phenoxy) is 1. The molecule has 2 aromatic rings.